The zero-order valence-electron chi connectivity index (χ0n) is 12.4. The predicted molar refractivity (Wildman–Crippen MR) is 88.5 cm³/mol. The molecule has 2 N–H and O–H groups in total. The second-order valence-electron chi connectivity index (χ2n) is 4.91. The predicted octanol–water partition coefficient (Wildman–Crippen LogP) is 1.86. The summed E-state index contributed by atoms with van der Waals surface area (Å²) in [6, 6.07) is 7.31. The molecule has 0 saturated carbocycles. The maximum absolute atomic E-state index is 12.3. The van der Waals surface area contributed by atoms with Crippen LogP contribution in [0.2, 0.25) is 0 Å². The van der Waals surface area contributed by atoms with E-state index in [1.54, 1.807) is 13.3 Å². The lowest BCUT2D eigenvalue weighted by Crippen LogP contribution is -2.27. The Kier molecular flexibility index (Phi) is 5.57. The minimum atomic E-state index is -0.231. The number of halogens is 1. The maximum Gasteiger partial charge on any atom is 0.283 e. The van der Waals surface area contributed by atoms with Crippen LogP contribution in [0.1, 0.15) is 12.5 Å². The van der Waals surface area contributed by atoms with Gasteiger partial charge in [-0.05, 0) is 40.5 Å². The Morgan fingerprint density at radius 1 is 1.41 bits per heavy atom. The zero-order chi connectivity index (χ0) is 16.1. The third-order valence-corrected chi connectivity index (χ3v) is 3.92. The van der Waals surface area contributed by atoms with Crippen LogP contribution in [0.5, 0.6) is 5.75 Å². The molecular weight excluding hydrogens is 350 g/mol. The molecule has 0 amide bonds. The van der Waals surface area contributed by atoms with Crippen LogP contribution in [-0.4, -0.2) is 34.6 Å². The van der Waals surface area contributed by atoms with Gasteiger partial charge in [-0.1, -0.05) is 12.1 Å². The highest BCUT2D eigenvalue weighted by molar-refractivity contribution is 9.10. The van der Waals surface area contributed by atoms with E-state index in [0.717, 1.165) is 11.3 Å². The van der Waals surface area contributed by atoms with E-state index in [0.29, 0.717) is 16.7 Å². The summed E-state index contributed by atoms with van der Waals surface area (Å²) in [5.41, 5.74) is 1.29. The number of aromatic nitrogens is 2. The van der Waals surface area contributed by atoms with Gasteiger partial charge in [-0.25, -0.2) is 4.68 Å². The normalized spacial score (nSPS) is 12.0. The molecule has 0 aliphatic carbocycles. The highest BCUT2D eigenvalue weighted by Crippen LogP contribution is 2.17. The Hall–Kier alpha value is -1.86. The van der Waals surface area contributed by atoms with Crippen molar-refractivity contribution in [3.05, 3.63) is 50.9 Å². The Bertz CT molecular complexity index is 685. The summed E-state index contributed by atoms with van der Waals surface area (Å²) in [6.07, 6.45) is 1.57. The first-order valence-electron chi connectivity index (χ1n) is 6.81. The standard InChI is InChI=1S/C15H18BrN3O3/c1-10(9-20)18-13-7-17-19(15(21)14(13)16)8-11-3-5-12(22-2)6-4-11/h3-7,10,18,20H,8-9H2,1-2H3. The van der Waals surface area contributed by atoms with Crippen molar-refractivity contribution in [3.63, 3.8) is 0 Å². The fourth-order valence-electron chi connectivity index (χ4n) is 1.89. The fourth-order valence-corrected chi connectivity index (χ4v) is 2.31. The average molecular weight is 368 g/mol. The highest BCUT2D eigenvalue weighted by Gasteiger charge is 2.11. The van der Waals surface area contributed by atoms with Crippen molar-refractivity contribution in [1.82, 2.24) is 9.78 Å². The number of hydrogen-bond acceptors (Lipinski definition) is 5. The van der Waals surface area contributed by atoms with Gasteiger partial charge in [0.1, 0.15) is 10.2 Å². The number of rotatable bonds is 6. The van der Waals surface area contributed by atoms with E-state index >= 15 is 0 Å². The number of benzene rings is 1. The van der Waals surface area contributed by atoms with Gasteiger partial charge >= 0.3 is 0 Å². The summed E-state index contributed by atoms with van der Waals surface area (Å²) in [5.74, 6) is 0.766. The van der Waals surface area contributed by atoms with E-state index in [1.165, 1.54) is 4.68 Å². The molecule has 6 nitrogen and oxygen atoms in total. The van der Waals surface area contributed by atoms with E-state index in [9.17, 15) is 4.79 Å². The molecule has 0 radical (unpaired) electrons. The molecule has 1 atom stereocenters. The molecule has 2 rings (SSSR count). The van der Waals surface area contributed by atoms with Crippen LogP contribution in [0, 0.1) is 0 Å². The van der Waals surface area contributed by atoms with Crippen molar-refractivity contribution in [3.8, 4) is 5.75 Å². The molecule has 0 spiro atoms. The topological polar surface area (TPSA) is 76.4 Å². The van der Waals surface area contributed by atoms with Crippen LogP contribution in [0.15, 0.2) is 39.7 Å². The molecule has 0 aliphatic heterocycles. The number of aliphatic hydroxyl groups is 1. The van der Waals surface area contributed by atoms with Crippen molar-refractivity contribution in [1.29, 1.82) is 0 Å². The quantitative estimate of drug-likeness (QED) is 0.814. The summed E-state index contributed by atoms with van der Waals surface area (Å²) >= 11 is 3.29. The van der Waals surface area contributed by atoms with Crippen LogP contribution < -0.4 is 15.6 Å². The van der Waals surface area contributed by atoms with Gasteiger partial charge in [0.2, 0.25) is 0 Å². The molecule has 0 saturated heterocycles. The van der Waals surface area contributed by atoms with Crippen molar-refractivity contribution in [2.24, 2.45) is 0 Å². The molecule has 1 aromatic carbocycles. The second kappa shape index (κ2) is 7.42. The van der Waals surface area contributed by atoms with Gasteiger partial charge in [-0.3, -0.25) is 4.79 Å². The van der Waals surface area contributed by atoms with Crippen LogP contribution in [-0.2, 0) is 6.54 Å². The van der Waals surface area contributed by atoms with E-state index in [-0.39, 0.29) is 18.2 Å². The summed E-state index contributed by atoms with van der Waals surface area (Å²) in [6.45, 7) is 2.16. The minimum Gasteiger partial charge on any atom is -0.497 e. The number of anilines is 1. The number of nitrogens with zero attached hydrogens (tertiary/aromatic N) is 2. The molecule has 0 aliphatic rings. The molecule has 1 unspecified atom stereocenters. The summed E-state index contributed by atoms with van der Waals surface area (Å²) in [5, 5.41) is 16.2. The molecule has 1 aromatic heterocycles. The lowest BCUT2D eigenvalue weighted by atomic mass is 10.2. The minimum absolute atomic E-state index is 0.0264. The largest absolute Gasteiger partial charge is 0.497 e. The van der Waals surface area contributed by atoms with Gasteiger partial charge in [0, 0.05) is 6.04 Å². The third-order valence-electron chi connectivity index (χ3n) is 3.15. The number of nitrogens with one attached hydrogen (secondary N) is 1. The number of ether oxygens (including phenoxy) is 1. The molecule has 22 heavy (non-hydrogen) atoms. The third kappa shape index (κ3) is 3.86. The number of aliphatic hydroxyl groups excluding tert-OH is 1. The van der Waals surface area contributed by atoms with E-state index in [4.69, 9.17) is 9.84 Å². The molecule has 7 heteroatoms. The number of methoxy groups -OCH3 is 1. The van der Waals surface area contributed by atoms with E-state index in [2.05, 4.69) is 26.3 Å². The first kappa shape index (κ1) is 16.5. The van der Waals surface area contributed by atoms with Crippen LogP contribution in [0.3, 0.4) is 0 Å². The molecule has 0 fully saturated rings. The summed E-state index contributed by atoms with van der Waals surface area (Å²) in [4.78, 5) is 12.3. The first-order chi connectivity index (χ1) is 10.5. The Labute approximate surface area is 136 Å². The molecule has 0 bridgehead atoms. The lowest BCUT2D eigenvalue weighted by molar-refractivity contribution is 0.281. The van der Waals surface area contributed by atoms with Gasteiger partial charge in [-0.15, -0.1) is 0 Å². The van der Waals surface area contributed by atoms with Crippen LogP contribution >= 0.6 is 15.9 Å². The molecule has 118 valence electrons. The van der Waals surface area contributed by atoms with Gasteiger partial charge < -0.3 is 15.2 Å². The average Bonchev–Trinajstić information content (AvgIpc) is 2.55. The summed E-state index contributed by atoms with van der Waals surface area (Å²) in [7, 11) is 1.61. The lowest BCUT2D eigenvalue weighted by Gasteiger charge is -2.14. The van der Waals surface area contributed by atoms with Crippen molar-refractivity contribution in [2.75, 3.05) is 19.0 Å². The summed E-state index contributed by atoms with van der Waals surface area (Å²) < 4.78 is 6.88. The zero-order valence-corrected chi connectivity index (χ0v) is 14.0. The van der Waals surface area contributed by atoms with Gasteiger partial charge in [-0.2, -0.15) is 5.10 Å². The van der Waals surface area contributed by atoms with Gasteiger partial charge in [0.15, 0.2) is 0 Å². The first-order valence-corrected chi connectivity index (χ1v) is 7.60. The van der Waals surface area contributed by atoms with Crippen molar-refractivity contribution < 1.29 is 9.84 Å². The molecule has 1 heterocycles. The number of hydrogen-bond donors (Lipinski definition) is 2. The maximum atomic E-state index is 12.3. The fraction of sp³-hybridized carbons (Fsp3) is 0.333. The smallest absolute Gasteiger partial charge is 0.283 e. The SMILES string of the molecule is COc1ccc(Cn2ncc(NC(C)CO)c(Br)c2=O)cc1. The highest BCUT2D eigenvalue weighted by atomic mass is 79.9. The van der Waals surface area contributed by atoms with Crippen molar-refractivity contribution in [2.45, 2.75) is 19.5 Å². The van der Waals surface area contributed by atoms with Gasteiger partial charge in [0.25, 0.3) is 5.56 Å². The molecular formula is C15H18BrN3O3. The monoisotopic (exact) mass is 367 g/mol. The van der Waals surface area contributed by atoms with E-state index < -0.39 is 0 Å². The Morgan fingerprint density at radius 3 is 2.68 bits per heavy atom. The van der Waals surface area contributed by atoms with Crippen LogP contribution in [0.25, 0.3) is 0 Å². The Morgan fingerprint density at radius 2 is 2.09 bits per heavy atom. The van der Waals surface area contributed by atoms with Gasteiger partial charge in [0.05, 0.1) is 32.1 Å². The van der Waals surface area contributed by atoms with Crippen LogP contribution in [0.4, 0.5) is 5.69 Å². The van der Waals surface area contributed by atoms with E-state index in [1.807, 2.05) is 31.2 Å². The second-order valence-corrected chi connectivity index (χ2v) is 5.70. The molecule has 2 aromatic rings. The van der Waals surface area contributed by atoms with Crippen molar-refractivity contribution >= 4 is 21.6 Å². The Balaban J connectivity index is 2.21.